The largest absolute Gasteiger partial charge is 0.454 e. The van der Waals surface area contributed by atoms with Crippen LogP contribution in [0.4, 0.5) is 0 Å². The van der Waals surface area contributed by atoms with Crippen LogP contribution in [-0.4, -0.2) is 31.5 Å². The Morgan fingerprint density at radius 3 is 2.68 bits per heavy atom. The Morgan fingerprint density at radius 1 is 1.07 bits per heavy atom. The second-order valence-electron chi connectivity index (χ2n) is 7.19. The lowest BCUT2D eigenvalue weighted by Crippen LogP contribution is -3.11. The van der Waals surface area contributed by atoms with Gasteiger partial charge in [-0.3, -0.25) is 0 Å². The van der Waals surface area contributed by atoms with Crippen molar-refractivity contribution in [2.24, 2.45) is 0 Å². The van der Waals surface area contributed by atoms with E-state index < -0.39 is 0 Å². The Labute approximate surface area is 176 Å². The van der Waals surface area contributed by atoms with E-state index in [0.29, 0.717) is 17.7 Å². The third kappa shape index (κ3) is 4.51. The van der Waals surface area contributed by atoms with E-state index in [1.54, 1.807) is 4.90 Å². The van der Waals surface area contributed by atoms with Gasteiger partial charge in [-0.15, -0.1) is 0 Å². The number of thiocarbonyl (C=S) groups is 1. The number of likely N-dealkylation sites (tertiary alicyclic amines) is 1. The molecule has 2 aromatic rings. The molecule has 2 aromatic carbocycles. The zero-order valence-electron chi connectivity index (χ0n) is 15.7. The molecule has 1 fully saturated rings. The van der Waals surface area contributed by atoms with Crippen LogP contribution in [-0.2, 0) is 6.54 Å². The zero-order valence-corrected chi connectivity index (χ0v) is 17.2. The third-order valence-corrected chi connectivity index (χ3v) is 6.01. The standard InChI is InChI=1S/C21H24ClN3O2S/c22-17-6-2-1-5-16(17)18(25-9-3-4-10-25)13-24-21(28)23-12-15-7-8-19-20(11-15)27-14-26-19/h1-2,5-8,11,18H,3-4,9-10,12-14H2,(H2,23,24,28)/p+1/t18-/m0/s1. The van der Waals surface area contributed by atoms with E-state index in [-0.39, 0.29) is 6.79 Å². The highest BCUT2D eigenvalue weighted by Gasteiger charge is 2.28. The molecule has 28 heavy (non-hydrogen) atoms. The van der Waals surface area contributed by atoms with E-state index in [9.17, 15) is 0 Å². The van der Waals surface area contributed by atoms with Gasteiger partial charge in [0.25, 0.3) is 0 Å². The van der Waals surface area contributed by atoms with Crippen LogP contribution in [0.2, 0.25) is 5.02 Å². The minimum absolute atomic E-state index is 0.286. The molecule has 4 rings (SSSR count). The van der Waals surface area contributed by atoms with Crippen molar-refractivity contribution in [3.8, 4) is 11.5 Å². The Balaban J connectivity index is 1.34. The third-order valence-electron chi connectivity index (χ3n) is 5.38. The van der Waals surface area contributed by atoms with Crippen LogP contribution in [0.3, 0.4) is 0 Å². The van der Waals surface area contributed by atoms with Crippen LogP contribution < -0.4 is 25.0 Å². The molecule has 0 bridgehead atoms. The van der Waals surface area contributed by atoms with E-state index >= 15 is 0 Å². The van der Waals surface area contributed by atoms with Crippen LogP contribution >= 0.6 is 23.8 Å². The van der Waals surface area contributed by atoms with Gasteiger partial charge in [-0.2, -0.15) is 0 Å². The van der Waals surface area contributed by atoms with Crippen LogP contribution in [0.1, 0.15) is 30.0 Å². The van der Waals surface area contributed by atoms with Crippen molar-refractivity contribution in [2.75, 3.05) is 26.4 Å². The fourth-order valence-electron chi connectivity index (χ4n) is 3.90. The molecule has 0 radical (unpaired) electrons. The van der Waals surface area contributed by atoms with Crippen LogP contribution in [0.15, 0.2) is 42.5 Å². The molecule has 2 aliphatic heterocycles. The lowest BCUT2D eigenvalue weighted by atomic mass is 10.1. The number of halogens is 1. The van der Waals surface area contributed by atoms with Gasteiger partial charge >= 0.3 is 0 Å². The van der Waals surface area contributed by atoms with Crippen molar-refractivity contribution in [3.05, 3.63) is 58.6 Å². The summed E-state index contributed by atoms with van der Waals surface area (Å²) in [6, 6.07) is 14.4. The molecule has 2 aliphatic rings. The number of benzene rings is 2. The van der Waals surface area contributed by atoms with Crippen molar-refractivity contribution in [1.29, 1.82) is 0 Å². The number of nitrogens with one attached hydrogen (secondary N) is 3. The molecule has 1 saturated heterocycles. The van der Waals surface area contributed by atoms with Crippen LogP contribution in [0, 0.1) is 0 Å². The quantitative estimate of drug-likeness (QED) is 0.629. The highest BCUT2D eigenvalue weighted by molar-refractivity contribution is 7.80. The minimum Gasteiger partial charge on any atom is -0.454 e. The molecule has 148 valence electrons. The average Bonchev–Trinajstić information content (AvgIpc) is 3.39. The maximum atomic E-state index is 6.49. The Bertz CT molecular complexity index is 842. The Hall–Kier alpha value is -2.02. The normalized spacial score (nSPS) is 16.8. The molecule has 0 saturated carbocycles. The summed E-state index contributed by atoms with van der Waals surface area (Å²) in [5.74, 6) is 1.58. The first kappa shape index (κ1) is 19.3. The van der Waals surface area contributed by atoms with Crippen molar-refractivity contribution >= 4 is 28.9 Å². The molecule has 0 aromatic heterocycles. The molecule has 1 atom stereocenters. The van der Waals surface area contributed by atoms with Crippen molar-refractivity contribution < 1.29 is 14.4 Å². The lowest BCUT2D eigenvalue weighted by molar-refractivity contribution is -0.918. The first-order valence-corrected chi connectivity index (χ1v) is 10.5. The fourth-order valence-corrected chi connectivity index (χ4v) is 4.32. The summed E-state index contributed by atoms with van der Waals surface area (Å²) in [5, 5.41) is 8.15. The number of ether oxygens (including phenoxy) is 2. The van der Waals surface area contributed by atoms with Crippen molar-refractivity contribution in [3.63, 3.8) is 0 Å². The molecule has 0 amide bonds. The highest BCUT2D eigenvalue weighted by atomic mass is 35.5. The van der Waals surface area contributed by atoms with Gasteiger partial charge in [-0.25, -0.2) is 0 Å². The second kappa shape index (κ2) is 8.99. The van der Waals surface area contributed by atoms with E-state index in [4.69, 9.17) is 33.3 Å². The summed E-state index contributed by atoms with van der Waals surface area (Å²) in [6.07, 6.45) is 2.53. The Morgan fingerprint density at radius 2 is 1.86 bits per heavy atom. The number of hydrogen-bond acceptors (Lipinski definition) is 3. The first-order chi connectivity index (χ1) is 13.7. The predicted octanol–water partition coefficient (Wildman–Crippen LogP) is 2.45. The predicted molar refractivity (Wildman–Crippen MR) is 114 cm³/mol. The summed E-state index contributed by atoms with van der Waals surface area (Å²) in [7, 11) is 0. The summed E-state index contributed by atoms with van der Waals surface area (Å²) < 4.78 is 10.8. The molecular weight excluding hydrogens is 394 g/mol. The van der Waals surface area contributed by atoms with Gasteiger partial charge in [0.2, 0.25) is 6.79 Å². The molecule has 5 nitrogen and oxygen atoms in total. The first-order valence-electron chi connectivity index (χ1n) is 9.70. The van der Waals surface area contributed by atoms with Crippen LogP contribution in [0.5, 0.6) is 11.5 Å². The second-order valence-corrected chi connectivity index (χ2v) is 8.01. The van der Waals surface area contributed by atoms with Gasteiger partial charge in [0.1, 0.15) is 6.04 Å². The van der Waals surface area contributed by atoms with E-state index in [1.165, 1.54) is 31.5 Å². The van der Waals surface area contributed by atoms with E-state index in [2.05, 4.69) is 22.8 Å². The molecule has 7 heteroatoms. The fraction of sp³-hybridized carbons (Fsp3) is 0.381. The highest BCUT2D eigenvalue weighted by Crippen LogP contribution is 2.32. The molecule has 3 N–H and O–H groups in total. The zero-order chi connectivity index (χ0) is 19.3. The SMILES string of the molecule is S=C(NCc1ccc2c(c1)OCO2)NC[C@@H](c1ccccc1Cl)[NH+]1CCCC1. The van der Waals surface area contributed by atoms with Crippen molar-refractivity contribution in [2.45, 2.75) is 25.4 Å². The Kier molecular flexibility index (Phi) is 6.20. The number of hydrogen-bond donors (Lipinski definition) is 3. The van der Waals surface area contributed by atoms with Gasteiger partial charge in [0.05, 0.1) is 19.6 Å². The van der Waals surface area contributed by atoms with Crippen molar-refractivity contribution in [1.82, 2.24) is 10.6 Å². The smallest absolute Gasteiger partial charge is 0.231 e. The molecule has 0 spiro atoms. The lowest BCUT2D eigenvalue weighted by Gasteiger charge is -2.26. The number of fused-ring (bicyclic) bond motifs is 1. The summed E-state index contributed by atoms with van der Waals surface area (Å²) in [6.45, 7) is 4.03. The maximum Gasteiger partial charge on any atom is 0.231 e. The van der Waals surface area contributed by atoms with Crippen LogP contribution in [0.25, 0.3) is 0 Å². The topological polar surface area (TPSA) is 47.0 Å². The van der Waals surface area contributed by atoms with E-state index in [0.717, 1.165) is 28.6 Å². The van der Waals surface area contributed by atoms with Gasteiger partial charge in [0.15, 0.2) is 16.6 Å². The van der Waals surface area contributed by atoms with Gasteiger partial charge in [-0.1, -0.05) is 35.9 Å². The van der Waals surface area contributed by atoms with Gasteiger partial charge in [-0.05, 0) is 36.0 Å². The molecule has 0 aliphatic carbocycles. The molecule has 0 unspecified atom stereocenters. The summed E-state index contributed by atoms with van der Waals surface area (Å²) in [5.41, 5.74) is 2.29. The summed E-state index contributed by atoms with van der Waals surface area (Å²) in [4.78, 5) is 1.57. The molecule has 2 heterocycles. The van der Waals surface area contributed by atoms with Gasteiger partial charge < -0.3 is 25.0 Å². The monoisotopic (exact) mass is 418 g/mol. The number of rotatable bonds is 6. The minimum atomic E-state index is 0.286. The average molecular weight is 419 g/mol. The number of quaternary nitrogens is 1. The maximum absolute atomic E-state index is 6.49. The van der Waals surface area contributed by atoms with Gasteiger partial charge in [0, 0.05) is 30.0 Å². The van der Waals surface area contributed by atoms with E-state index in [1.807, 2.05) is 30.3 Å². The summed E-state index contributed by atoms with van der Waals surface area (Å²) >= 11 is 12.0. The molecular formula is C21H25ClN3O2S+.